The number of aryl methyl sites for hydroxylation is 1. The number of aromatic amines is 1. The van der Waals surface area contributed by atoms with Gasteiger partial charge < -0.3 is 5.11 Å². The summed E-state index contributed by atoms with van der Waals surface area (Å²) in [4.78, 5) is 25.0. The molecule has 2 rings (SSSR count). The summed E-state index contributed by atoms with van der Waals surface area (Å²) in [6.45, 7) is 2.54. The molecule has 0 aliphatic rings. The van der Waals surface area contributed by atoms with Crippen molar-refractivity contribution in [2.45, 2.75) is 20.0 Å². The molecule has 8 heteroatoms. The fourth-order valence-electron chi connectivity index (χ4n) is 1.91. The first-order valence-corrected chi connectivity index (χ1v) is 5.86. The van der Waals surface area contributed by atoms with E-state index >= 15 is 0 Å². The van der Waals surface area contributed by atoms with Crippen molar-refractivity contribution in [3.8, 4) is 11.6 Å². The topological polar surface area (TPSA) is 75.1 Å². The lowest BCUT2D eigenvalue weighted by atomic mass is 10.1. The first-order chi connectivity index (χ1) is 9.62. The number of benzene rings is 1. The minimum Gasteiger partial charge on any atom is -0.494 e. The molecule has 0 bridgehead atoms. The van der Waals surface area contributed by atoms with Crippen molar-refractivity contribution in [3.63, 3.8) is 0 Å². The van der Waals surface area contributed by atoms with E-state index in [-0.39, 0.29) is 16.8 Å². The standard InChI is InChI=1S/C13H11F3N2O3/c1-6-3-4-8(5-9(6)13(14,15)16)18-11(20)7(2)10(19)17-12(18)21/h3-5,20H,1-2H3,(H,17,19,21). The van der Waals surface area contributed by atoms with Gasteiger partial charge in [-0.3, -0.25) is 9.78 Å². The van der Waals surface area contributed by atoms with Crippen LogP contribution in [0.2, 0.25) is 0 Å². The van der Waals surface area contributed by atoms with Crippen molar-refractivity contribution in [2.24, 2.45) is 0 Å². The summed E-state index contributed by atoms with van der Waals surface area (Å²) in [5.74, 6) is -0.694. The number of nitrogens with one attached hydrogen (secondary N) is 1. The number of hydrogen-bond donors (Lipinski definition) is 2. The minimum absolute atomic E-state index is 0.0139. The van der Waals surface area contributed by atoms with Gasteiger partial charge in [0.1, 0.15) is 0 Å². The number of aromatic nitrogens is 2. The summed E-state index contributed by atoms with van der Waals surface area (Å²) in [7, 11) is 0. The molecule has 0 saturated heterocycles. The zero-order chi connectivity index (χ0) is 15.9. The van der Waals surface area contributed by atoms with Crippen molar-refractivity contribution in [2.75, 3.05) is 0 Å². The van der Waals surface area contributed by atoms with Crippen LogP contribution in [0.15, 0.2) is 27.8 Å². The zero-order valence-electron chi connectivity index (χ0n) is 11.1. The molecular weight excluding hydrogens is 289 g/mol. The molecule has 0 unspecified atom stereocenters. The van der Waals surface area contributed by atoms with E-state index in [1.165, 1.54) is 26.0 Å². The van der Waals surface area contributed by atoms with Gasteiger partial charge in [0.05, 0.1) is 16.8 Å². The van der Waals surface area contributed by atoms with Gasteiger partial charge >= 0.3 is 11.9 Å². The fraction of sp³-hybridized carbons (Fsp3) is 0.231. The molecule has 0 aliphatic heterocycles. The van der Waals surface area contributed by atoms with Crippen LogP contribution in [-0.4, -0.2) is 14.7 Å². The molecule has 0 spiro atoms. The second-order valence-electron chi connectivity index (χ2n) is 4.54. The molecule has 0 radical (unpaired) electrons. The van der Waals surface area contributed by atoms with Gasteiger partial charge in [0, 0.05) is 0 Å². The minimum atomic E-state index is -4.59. The highest BCUT2D eigenvalue weighted by Crippen LogP contribution is 2.33. The third-order valence-electron chi connectivity index (χ3n) is 3.10. The molecule has 2 N–H and O–H groups in total. The Kier molecular flexibility index (Phi) is 3.40. The van der Waals surface area contributed by atoms with Gasteiger partial charge in [-0.15, -0.1) is 0 Å². The molecular formula is C13H11F3N2O3. The van der Waals surface area contributed by atoms with Gasteiger partial charge in [-0.1, -0.05) is 6.07 Å². The van der Waals surface area contributed by atoms with E-state index < -0.39 is 28.9 Å². The largest absolute Gasteiger partial charge is 0.494 e. The lowest BCUT2D eigenvalue weighted by Crippen LogP contribution is -2.30. The van der Waals surface area contributed by atoms with Gasteiger partial charge in [0.15, 0.2) is 0 Å². The number of rotatable bonds is 1. The molecule has 0 atom stereocenters. The predicted molar refractivity (Wildman–Crippen MR) is 68.8 cm³/mol. The first-order valence-electron chi connectivity index (χ1n) is 5.86. The number of hydrogen-bond acceptors (Lipinski definition) is 3. The highest BCUT2D eigenvalue weighted by Gasteiger charge is 2.32. The van der Waals surface area contributed by atoms with Crippen LogP contribution in [0, 0.1) is 13.8 Å². The van der Waals surface area contributed by atoms with E-state index in [9.17, 15) is 27.9 Å². The van der Waals surface area contributed by atoms with Gasteiger partial charge in [-0.05, 0) is 31.5 Å². The van der Waals surface area contributed by atoms with Gasteiger partial charge in [0.25, 0.3) is 5.56 Å². The van der Waals surface area contributed by atoms with Crippen LogP contribution in [-0.2, 0) is 6.18 Å². The highest BCUT2D eigenvalue weighted by atomic mass is 19.4. The van der Waals surface area contributed by atoms with E-state index in [1.54, 1.807) is 0 Å². The molecule has 0 aliphatic carbocycles. The highest BCUT2D eigenvalue weighted by molar-refractivity contribution is 5.44. The summed E-state index contributed by atoms with van der Waals surface area (Å²) < 4.78 is 39.3. The van der Waals surface area contributed by atoms with Crippen LogP contribution in [0.4, 0.5) is 13.2 Å². The first kappa shape index (κ1) is 14.9. The van der Waals surface area contributed by atoms with Crippen molar-refractivity contribution in [1.82, 2.24) is 9.55 Å². The summed E-state index contributed by atoms with van der Waals surface area (Å²) in [6, 6.07) is 3.18. The fourth-order valence-corrected chi connectivity index (χ4v) is 1.91. The molecule has 112 valence electrons. The van der Waals surface area contributed by atoms with E-state index in [1.807, 2.05) is 4.98 Å². The number of halogens is 3. The summed E-state index contributed by atoms with van der Waals surface area (Å²) in [5, 5.41) is 9.84. The Hall–Kier alpha value is -2.51. The Morgan fingerprint density at radius 1 is 1.19 bits per heavy atom. The monoisotopic (exact) mass is 300 g/mol. The third kappa shape index (κ3) is 2.56. The summed E-state index contributed by atoms with van der Waals surface area (Å²) in [6.07, 6.45) is -4.59. The van der Waals surface area contributed by atoms with Crippen molar-refractivity contribution < 1.29 is 18.3 Å². The molecule has 0 amide bonds. The van der Waals surface area contributed by atoms with E-state index in [0.29, 0.717) is 4.57 Å². The molecule has 1 aromatic carbocycles. The number of H-pyrrole nitrogens is 1. The molecule has 21 heavy (non-hydrogen) atoms. The average Bonchev–Trinajstić information content (AvgIpc) is 2.36. The number of nitrogens with zero attached hydrogens (tertiary/aromatic N) is 1. The van der Waals surface area contributed by atoms with Crippen LogP contribution in [0.3, 0.4) is 0 Å². The summed E-state index contributed by atoms with van der Waals surface area (Å²) in [5.41, 5.74) is -3.09. The van der Waals surface area contributed by atoms with Gasteiger partial charge in [-0.25, -0.2) is 9.36 Å². The second kappa shape index (κ2) is 4.80. The Balaban J connectivity index is 2.78. The summed E-state index contributed by atoms with van der Waals surface area (Å²) >= 11 is 0. The third-order valence-corrected chi connectivity index (χ3v) is 3.10. The molecule has 1 aromatic heterocycles. The van der Waals surface area contributed by atoms with Gasteiger partial charge in [-0.2, -0.15) is 13.2 Å². The maximum Gasteiger partial charge on any atom is 0.416 e. The molecule has 1 heterocycles. The second-order valence-corrected chi connectivity index (χ2v) is 4.54. The van der Waals surface area contributed by atoms with Crippen LogP contribution in [0.25, 0.3) is 5.69 Å². The van der Waals surface area contributed by atoms with Crippen LogP contribution in [0.1, 0.15) is 16.7 Å². The van der Waals surface area contributed by atoms with E-state index in [2.05, 4.69) is 0 Å². The lowest BCUT2D eigenvalue weighted by molar-refractivity contribution is -0.138. The van der Waals surface area contributed by atoms with E-state index in [0.717, 1.165) is 6.07 Å². The Labute approximate surface area is 116 Å². The zero-order valence-corrected chi connectivity index (χ0v) is 11.1. The Morgan fingerprint density at radius 2 is 1.81 bits per heavy atom. The predicted octanol–water partition coefficient (Wildman–Crippen LogP) is 1.87. The normalized spacial score (nSPS) is 11.7. The molecule has 2 aromatic rings. The molecule has 0 fully saturated rings. The lowest BCUT2D eigenvalue weighted by Gasteiger charge is -2.14. The Morgan fingerprint density at radius 3 is 2.38 bits per heavy atom. The van der Waals surface area contributed by atoms with Gasteiger partial charge in [0.2, 0.25) is 5.88 Å². The van der Waals surface area contributed by atoms with Crippen molar-refractivity contribution in [3.05, 3.63) is 55.7 Å². The van der Waals surface area contributed by atoms with Crippen LogP contribution < -0.4 is 11.2 Å². The van der Waals surface area contributed by atoms with Crippen LogP contribution >= 0.6 is 0 Å². The van der Waals surface area contributed by atoms with Crippen LogP contribution in [0.5, 0.6) is 5.88 Å². The maximum absolute atomic E-state index is 12.9. The number of aromatic hydroxyl groups is 1. The quantitative estimate of drug-likeness (QED) is 0.844. The maximum atomic E-state index is 12.9. The number of alkyl halides is 3. The van der Waals surface area contributed by atoms with E-state index in [4.69, 9.17) is 0 Å². The van der Waals surface area contributed by atoms with Crippen molar-refractivity contribution in [1.29, 1.82) is 0 Å². The molecule has 5 nitrogen and oxygen atoms in total. The SMILES string of the molecule is Cc1ccc(-n2c(O)c(C)c(=O)[nH]c2=O)cc1C(F)(F)F. The molecule has 0 saturated carbocycles. The van der Waals surface area contributed by atoms with Crippen molar-refractivity contribution >= 4 is 0 Å². The Bertz CT molecular complexity index is 819. The smallest absolute Gasteiger partial charge is 0.416 e. The average molecular weight is 300 g/mol.